The quantitative estimate of drug-likeness (QED) is 0.786. The van der Waals surface area contributed by atoms with Gasteiger partial charge in [0.1, 0.15) is 0 Å². The second kappa shape index (κ2) is 9.70. The highest BCUT2D eigenvalue weighted by Gasteiger charge is 2.23. The molecule has 0 atom stereocenters. The molecule has 2 rings (SSSR count). The summed E-state index contributed by atoms with van der Waals surface area (Å²) < 4.78 is 0. The molecular formula is C21H32N4O. The monoisotopic (exact) mass is 356 g/mol. The van der Waals surface area contributed by atoms with E-state index in [9.17, 15) is 4.79 Å². The van der Waals surface area contributed by atoms with Crippen molar-refractivity contribution in [2.75, 3.05) is 32.7 Å². The van der Waals surface area contributed by atoms with Crippen molar-refractivity contribution >= 4 is 5.91 Å². The predicted molar refractivity (Wildman–Crippen MR) is 105 cm³/mol. The molecule has 1 aromatic rings. The standard InChI is InChI=1S/C21H32N4O/c1-17(2)25(18(3)4)21(26)16-24-11-5-10-23(12-13-24)15-20-8-6-19(14-22)7-9-20/h6-9,17-18H,5,10-13,15-16H2,1-4H3. The zero-order chi connectivity index (χ0) is 19.1. The molecule has 5 nitrogen and oxygen atoms in total. The van der Waals surface area contributed by atoms with Gasteiger partial charge >= 0.3 is 0 Å². The summed E-state index contributed by atoms with van der Waals surface area (Å²) in [6.45, 7) is 13.7. The average Bonchev–Trinajstić information content (AvgIpc) is 2.80. The first-order valence-electron chi connectivity index (χ1n) is 9.65. The third-order valence-corrected chi connectivity index (χ3v) is 4.93. The minimum absolute atomic E-state index is 0.232. The Balaban J connectivity index is 1.87. The van der Waals surface area contributed by atoms with Crippen LogP contribution in [0.15, 0.2) is 24.3 Å². The van der Waals surface area contributed by atoms with Crippen LogP contribution in [0.3, 0.4) is 0 Å². The summed E-state index contributed by atoms with van der Waals surface area (Å²) in [5, 5.41) is 8.90. The smallest absolute Gasteiger partial charge is 0.237 e. The maximum atomic E-state index is 12.7. The first-order chi connectivity index (χ1) is 12.4. The zero-order valence-corrected chi connectivity index (χ0v) is 16.6. The summed E-state index contributed by atoms with van der Waals surface area (Å²) in [6.07, 6.45) is 1.08. The van der Waals surface area contributed by atoms with Crippen molar-refractivity contribution < 1.29 is 4.79 Å². The van der Waals surface area contributed by atoms with Gasteiger partial charge in [0.25, 0.3) is 0 Å². The molecule has 1 aromatic carbocycles. The Bertz CT molecular complexity index is 610. The van der Waals surface area contributed by atoms with Crippen LogP contribution in [0, 0.1) is 11.3 Å². The average molecular weight is 357 g/mol. The lowest BCUT2D eigenvalue weighted by Crippen LogP contribution is -2.47. The van der Waals surface area contributed by atoms with Gasteiger partial charge < -0.3 is 4.90 Å². The van der Waals surface area contributed by atoms with Gasteiger partial charge in [0, 0.05) is 31.7 Å². The number of nitriles is 1. The minimum Gasteiger partial charge on any atom is -0.337 e. The lowest BCUT2D eigenvalue weighted by molar-refractivity contribution is -0.136. The molecule has 1 aliphatic heterocycles. The number of hydrogen-bond donors (Lipinski definition) is 0. The second-order valence-electron chi connectivity index (χ2n) is 7.70. The maximum Gasteiger partial charge on any atom is 0.237 e. The van der Waals surface area contributed by atoms with Crippen molar-refractivity contribution in [3.63, 3.8) is 0 Å². The summed E-state index contributed by atoms with van der Waals surface area (Å²) in [6, 6.07) is 10.5. The third kappa shape index (κ3) is 5.82. The van der Waals surface area contributed by atoms with Crippen LogP contribution >= 0.6 is 0 Å². The Morgan fingerprint density at radius 1 is 1.04 bits per heavy atom. The molecule has 0 aromatic heterocycles. The van der Waals surface area contributed by atoms with Gasteiger partial charge in [-0.3, -0.25) is 14.6 Å². The van der Waals surface area contributed by atoms with Crippen molar-refractivity contribution in [2.24, 2.45) is 0 Å². The van der Waals surface area contributed by atoms with Crippen molar-refractivity contribution in [2.45, 2.75) is 52.7 Å². The van der Waals surface area contributed by atoms with Gasteiger partial charge in [-0.1, -0.05) is 12.1 Å². The fraction of sp³-hybridized carbons (Fsp3) is 0.619. The lowest BCUT2D eigenvalue weighted by Gasteiger charge is -2.33. The van der Waals surface area contributed by atoms with Gasteiger partial charge in [-0.05, 0) is 64.9 Å². The Labute approximate surface area is 158 Å². The number of amides is 1. The van der Waals surface area contributed by atoms with E-state index < -0.39 is 0 Å². The van der Waals surface area contributed by atoms with Gasteiger partial charge in [0.2, 0.25) is 5.91 Å². The number of rotatable bonds is 6. The Hall–Kier alpha value is -1.90. The third-order valence-electron chi connectivity index (χ3n) is 4.93. The summed E-state index contributed by atoms with van der Waals surface area (Å²) in [4.78, 5) is 19.4. The van der Waals surface area contributed by atoms with Crippen LogP contribution in [0.5, 0.6) is 0 Å². The van der Waals surface area contributed by atoms with E-state index in [2.05, 4.69) is 43.6 Å². The maximum absolute atomic E-state index is 12.7. The molecule has 0 unspecified atom stereocenters. The van der Waals surface area contributed by atoms with Crippen LogP contribution in [-0.4, -0.2) is 65.4 Å². The van der Waals surface area contributed by atoms with Gasteiger partial charge in [-0.25, -0.2) is 0 Å². The van der Waals surface area contributed by atoms with Gasteiger partial charge in [0.05, 0.1) is 18.2 Å². The normalized spacial score (nSPS) is 16.5. The van der Waals surface area contributed by atoms with E-state index in [-0.39, 0.29) is 18.0 Å². The summed E-state index contributed by atoms with van der Waals surface area (Å²) in [5.41, 5.74) is 1.94. The Kier molecular flexibility index (Phi) is 7.62. The van der Waals surface area contributed by atoms with Crippen LogP contribution in [0.4, 0.5) is 0 Å². The highest BCUT2D eigenvalue weighted by molar-refractivity contribution is 5.78. The SMILES string of the molecule is CC(C)N(C(=O)CN1CCCN(Cc2ccc(C#N)cc2)CC1)C(C)C. The number of carbonyl (C=O) groups excluding carboxylic acids is 1. The minimum atomic E-state index is 0.232. The Morgan fingerprint density at radius 3 is 2.19 bits per heavy atom. The van der Waals surface area contributed by atoms with Gasteiger partial charge in [0.15, 0.2) is 0 Å². The molecule has 1 amide bonds. The molecule has 1 saturated heterocycles. The van der Waals surface area contributed by atoms with Crippen LogP contribution in [0.2, 0.25) is 0 Å². The summed E-state index contributed by atoms with van der Waals surface area (Å²) in [7, 11) is 0. The van der Waals surface area contributed by atoms with Crippen molar-refractivity contribution in [3.05, 3.63) is 35.4 Å². The van der Waals surface area contributed by atoms with E-state index >= 15 is 0 Å². The second-order valence-corrected chi connectivity index (χ2v) is 7.70. The van der Waals surface area contributed by atoms with E-state index in [0.29, 0.717) is 12.1 Å². The van der Waals surface area contributed by atoms with E-state index in [0.717, 1.165) is 39.1 Å². The highest BCUT2D eigenvalue weighted by atomic mass is 16.2. The fourth-order valence-corrected chi connectivity index (χ4v) is 3.73. The molecule has 0 aliphatic carbocycles. The van der Waals surface area contributed by atoms with Gasteiger partial charge in [-0.15, -0.1) is 0 Å². The predicted octanol–water partition coefficient (Wildman–Crippen LogP) is 2.71. The fourth-order valence-electron chi connectivity index (χ4n) is 3.73. The topological polar surface area (TPSA) is 50.6 Å². The van der Waals surface area contributed by atoms with E-state index in [4.69, 9.17) is 5.26 Å². The molecular weight excluding hydrogens is 324 g/mol. The van der Waals surface area contributed by atoms with Crippen LogP contribution in [-0.2, 0) is 11.3 Å². The molecule has 142 valence electrons. The van der Waals surface area contributed by atoms with Crippen LogP contribution in [0.1, 0.15) is 45.2 Å². The largest absolute Gasteiger partial charge is 0.337 e. The molecule has 5 heteroatoms. The molecule has 1 aliphatic rings. The Morgan fingerprint density at radius 2 is 1.62 bits per heavy atom. The number of nitrogens with zero attached hydrogens (tertiary/aromatic N) is 4. The first kappa shape index (κ1) is 20.4. The molecule has 0 spiro atoms. The first-order valence-corrected chi connectivity index (χ1v) is 9.65. The molecule has 26 heavy (non-hydrogen) atoms. The van der Waals surface area contributed by atoms with Crippen molar-refractivity contribution in [3.8, 4) is 6.07 Å². The number of hydrogen-bond acceptors (Lipinski definition) is 4. The van der Waals surface area contributed by atoms with E-state index in [1.807, 2.05) is 29.2 Å². The molecule has 0 N–H and O–H groups in total. The number of benzene rings is 1. The number of carbonyl (C=O) groups is 1. The van der Waals surface area contributed by atoms with Crippen molar-refractivity contribution in [1.82, 2.24) is 14.7 Å². The molecule has 0 radical (unpaired) electrons. The molecule has 1 heterocycles. The summed E-state index contributed by atoms with van der Waals surface area (Å²) >= 11 is 0. The van der Waals surface area contributed by atoms with Crippen LogP contribution < -0.4 is 0 Å². The molecule has 0 saturated carbocycles. The molecule has 0 bridgehead atoms. The zero-order valence-electron chi connectivity index (χ0n) is 16.6. The summed E-state index contributed by atoms with van der Waals surface area (Å²) in [5.74, 6) is 0.232. The van der Waals surface area contributed by atoms with Gasteiger partial charge in [-0.2, -0.15) is 5.26 Å². The van der Waals surface area contributed by atoms with Crippen LogP contribution in [0.25, 0.3) is 0 Å². The van der Waals surface area contributed by atoms with Crippen molar-refractivity contribution in [1.29, 1.82) is 5.26 Å². The lowest BCUT2D eigenvalue weighted by atomic mass is 10.1. The highest BCUT2D eigenvalue weighted by Crippen LogP contribution is 2.12. The van der Waals surface area contributed by atoms with E-state index in [1.54, 1.807) is 0 Å². The molecule has 1 fully saturated rings. The van der Waals surface area contributed by atoms with E-state index in [1.165, 1.54) is 5.56 Å².